The van der Waals surface area contributed by atoms with Gasteiger partial charge in [0.2, 0.25) is 0 Å². The predicted molar refractivity (Wildman–Crippen MR) is 77.9 cm³/mol. The van der Waals surface area contributed by atoms with Crippen LogP contribution in [0.15, 0.2) is 42.7 Å². The summed E-state index contributed by atoms with van der Waals surface area (Å²) in [6.45, 7) is 0.529. The van der Waals surface area contributed by atoms with Crippen LogP contribution in [0.3, 0.4) is 0 Å². The number of hydrogen-bond acceptors (Lipinski definition) is 4. The first-order valence-electron chi connectivity index (χ1n) is 6.38. The molecule has 0 spiro atoms. The summed E-state index contributed by atoms with van der Waals surface area (Å²) in [5.74, 6) is 0.0908. The molecule has 0 atom stereocenters. The second-order valence-corrected chi connectivity index (χ2v) is 4.34. The van der Waals surface area contributed by atoms with Gasteiger partial charge >= 0.3 is 0 Å². The summed E-state index contributed by atoms with van der Waals surface area (Å²) in [7, 11) is 1.77. The number of phenols is 1. The van der Waals surface area contributed by atoms with Gasteiger partial charge in [-0.15, -0.1) is 0 Å². The average Bonchev–Trinajstić information content (AvgIpc) is 2.49. The number of hydrogen-bond donors (Lipinski definition) is 3. The zero-order chi connectivity index (χ0) is 14.4. The Balaban J connectivity index is 1.90. The van der Waals surface area contributed by atoms with Crippen molar-refractivity contribution in [2.45, 2.75) is 6.42 Å². The van der Waals surface area contributed by atoms with Crippen LogP contribution < -0.4 is 10.6 Å². The minimum Gasteiger partial charge on any atom is -0.508 e. The zero-order valence-electron chi connectivity index (χ0n) is 11.3. The van der Waals surface area contributed by atoms with Gasteiger partial charge < -0.3 is 15.7 Å². The van der Waals surface area contributed by atoms with Crippen LogP contribution in [0.1, 0.15) is 15.9 Å². The van der Waals surface area contributed by atoms with E-state index in [4.69, 9.17) is 0 Å². The highest BCUT2D eigenvalue weighted by Gasteiger charge is 2.09. The average molecular weight is 271 g/mol. The quantitative estimate of drug-likeness (QED) is 0.775. The highest BCUT2D eigenvalue weighted by molar-refractivity contribution is 5.99. The molecule has 2 rings (SSSR count). The number of carbonyl (C=O) groups excluding carboxylic acids is 1. The number of carbonyl (C=O) groups is 1. The van der Waals surface area contributed by atoms with E-state index < -0.39 is 0 Å². The standard InChI is InChI=1S/C15H17N3O2/c1-16-14-7-8-17-10-13(14)15(20)18-9-6-11-2-4-12(19)5-3-11/h2-5,7-8,10,19H,6,9H2,1H3,(H,16,17)(H,18,20). The minimum atomic E-state index is -0.152. The molecule has 20 heavy (non-hydrogen) atoms. The maximum absolute atomic E-state index is 12.0. The van der Waals surface area contributed by atoms with Crippen LogP contribution in [-0.4, -0.2) is 29.6 Å². The Kier molecular flexibility index (Phi) is 4.55. The SMILES string of the molecule is CNc1ccncc1C(=O)NCCc1ccc(O)cc1. The summed E-state index contributed by atoms with van der Waals surface area (Å²) >= 11 is 0. The summed E-state index contributed by atoms with van der Waals surface area (Å²) in [4.78, 5) is 16.0. The molecule has 0 aliphatic heterocycles. The van der Waals surface area contributed by atoms with Crippen molar-refractivity contribution in [1.82, 2.24) is 10.3 Å². The molecule has 2 aromatic rings. The van der Waals surface area contributed by atoms with E-state index in [-0.39, 0.29) is 11.7 Å². The molecule has 0 unspecified atom stereocenters. The smallest absolute Gasteiger partial charge is 0.254 e. The van der Waals surface area contributed by atoms with Crippen molar-refractivity contribution in [2.75, 3.05) is 18.9 Å². The lowest BCUT2D eigenvalue weighted by Crippen LogP contribution is -2.26. The number of anilines is 1. The van der Waals surface area contributed by atoms with Gasteiger partial charge in [-0.2, -0.15) is 0 Å². The molecule has 0 aliphatic carbocycles. The highest BCUT2D eigenvalue weighted by atomic mass is 16.3. The molecule has 5 heteroatoms. The number of rotatable bonds is 5. The lowest BCUT2D eigenvalue weighted by atomic mass is 10.1. The maximum Gasteiger partial charge on any atom is 0.254 e. The second-order valence-electron chi connectivity index (χ2n) is 4.34. The van der Waals surface area contributed by atoms with Crippen molar-refractivity contribution >= 4 is 11.6 Å². The summed E-state index contributed by atoms with van der Waals surface area (Å²) in [6.07, 6.45) is 3.89. The number of pyridine rings is 1. The van der Waals surface area contributed by atoms with Gasteiger partial charge in [0.15, 0.2) is 0 Å². The van der Waals surface area contributed by atoms with E-state index in [9.17, 15) is 9.90 Å². The van der Waals surface area contributed by atoms with Gasteiger partial charge in [0.25, 0.3) is 5.91 Å². The van der Waals surface area contributed by atoms with Crippen LogP contribution in [0.5, 0.6) is 5.75 Å². The minimum absolute atomic E-state index is 0.152. The number of phenolic OH excluding ortho intramolecular Hbond substituents is 1. The monoisotopic (exact) mass is 271 g/mol. The first-order valence-corrected chi connectivity index (χ1v) is 6.38. The van der Waals surface area contributed by atoms with Gasteiger partial charge in [-0.05, 0) is 30.2 Å². The molecule has 104 valence electrons. The first-order chi connectivity index (χ1) is 9.70. The van der Waals surface area contributed by atoms with Crippen molar-refractivity contribution in [3.63, 3.8) is 0 Å². The predicted octanol–water partition coefficient (Wildman–Crippen LogP) is 1.80. The molecule has 0 bridgehead atoms. The van der Waals surface area contributed by atoms with Crippen molar-refractivity contribution < 1.29 is 9.90 Å². The first kappa shape index (κ1) is 13.9. The van der Waals surface area contributed by atoms with Crippen molar-refractivity contribution in [3.8, 4) is 5.75 Å². The molecular weight excluding hydrogens is 254 g/mol. The molecule has 0 fully saturated rings. The Morgan fingerprint density at radius 2 is 2.00 bits per heavy atom. The zero-order valence-corrected chi connectivity index (χ0v) is 11.3. The van der Waals surface area contributed by atoms with E-state index in [1.807, 2.05) is 12.1 Å². The summed E-state index contributed by atoms with van der Waals surface area (Å²) in [6, 6.07) is 8.71. The summed E-state index contributed by atoms with van der Waals surface area (Å²) in [5, 5.41) is 15.0. The molecule has 5 nitrogen and oxygen atoms in total. The molecule has 0 aliphatic rings. The third-order valence-corrected chi connectivity index (χ3v) is 2.97. The molecule has 1 aromatic heterocycles. The van der Waals surface area contributed by atoms with E-state index in [1.54, 1.807) is 37.6 Å². The van der Waals surface area contributed by atoms with E-state index in [0.29, 0.717) is 18.5 Å². The molecule has 0 radical (unpaired) electrons. The fraction of sp³-hybridized carbons (Fsp3) is 0.200. The highest BCUT2D eigenvalue weighted by Crippen LogP contribution is 2.12. The van der Waals surface area contributed by atoms with Crippen LogP contribution in [0.4, 0.5) is 5.69 Å². The summed E-state index contributed by atoms with van der Waals surface area (Å²) in [5.41, 5.74) is 2.34. The van der Waals surface area contributed by atoms with Crippen molar-refractivity contribution in [3.05, 3.63) is 53.9 Å². The lowest BCUT2D eigenvalue weighted by Gasteiger charge is -2.09. The van der Waals surface area contributed by atoms with E-state index in [0.717, 1.165) is 11.3 Å². The van der Waals surface area contributed by atoms with Crippen LogP contribution in [0.25, 0.3) is 0 Å². The number of amides is 1. The lowest BCUT2D eigenvalue weighted by molar-refractivity contribution is 0.0954. The fourth-order valence-electron chi connectivity index (χ4n) is 1.87. The number of aromatic nitrogens is 1. The van der Waals surface area contributed by atoms with E-state index >= 15 is 0 Å². The third kappa shape index (κ3) is 3.47. The van der Waals surface area contributed by atoms with Crippen LogP contribution in [0.2, 0.25) is 0 Å². The Morgan fingerprint density at radius 1 is 1.25 bits per heavy atom. The summed E-state index contributed by atoms with van der Waals surface area (Å²) < 4.78 is 0. The number of aromatic hydroxyl groups is 1. The van der Waals surface area contributed by atoms with Gasteiger partial charge in [0.05, 0.1) is 5.56 Å². The van der Waals surface area contributed by atoms with E-state index in [2.05, 4.69) is 15.6 Å². The van der Waals surface area contributed by atoms with Gasteiger partial charge in [0.1, 0.15) is 5.75 Å². The molecule has 1 amide bonds. The Labute approximate surface area is 117 Å². The second kappa shape index (κ2) is 6.56. The van der Waals surface area contributed by atoms with Gasteiger partial charge in [-0.1, -0.05) is 12.1 Å². The van der Waals surface area contributed by atoms with Crippen molar-refractivity contribution in [1.29, 1.82) is 0 Å². The number of nitrogens with one attached hydrogen (secondary N) is 2. The van der Waals surface area contributed by atoms with Crippen molar-refractivity contribution in [2.24, 2.45) is 0 Å². The molecule has 1 heterocycles. The number of benzene rings is 1. The van der Waals surface area contributed by atoms with Gasteiger partial charge in [0, 0.05) is 31.7 Å². The van der Waals surface area contributed by atoms with Crippen LogP contribution >= 0.6 is 0 Å². The largest absolute Gasteiger partial charge is 0.508 e. The van der Waals surface area contributed by atoms with Gasteiger partial charge in [-0.25, -0.2) is 0 Å². The topological polar surface area (TPSA) is 74.2 Å². The maximum atomic E-state index is 12.0. The number of nitrogens with zero attached hydrogens (tertiary/aromatic N) is 1. The normalized spacial score (nSPS) is 10.1. The third-order valence-electron chi connectivity index (χ3n) is 2.97. The van der Waals surface area contributed by atoms with E-state index in [1.165, 1.54) is 0 Å². The Morgan fingerprint density at radius 3 is 2.70 bits per heavy atom. The van der Waals surface area contributed by atoms with Crippen LogP contribution in [0, 0.1) is 0 Å². The molecule has 1 aromatic carbocycles. The van der Waals surface area contributed by atoms with Crippen LogP contribution in [-0.2, 0) is 6.42 Å². The Bertz CT molecular complexity index is 582. The fourth-order valence-corrected chi connectivity index (χ4v) is 1.87. The Hall–Kier alpha value is -2.56. The molecule has 0 saturated carbocycles. The van der Waals surface area contributed by atoms with Gasteiger partial charge in [-0.3, -0.25) is 9.78 Å². The molecule has 3 N–H and O–H groups in total. The molecular formula is C15H17N3O2. The molecule has 0 saturated heterocycles.